The average molecular weight is 254 g/mol. The number of rotatable bonds is 4. The first-order valence-electron chi connectivity index (χ1n) is 6.06. The lowest BCUT2D eigenvalue weighted by atomic mass is 10.0. The van der Waals surface area contributed by atoms with Crippen molar-refractivity contribution < 1.29 is 9.90 Å². The first kappa shape index (κ1) is 12.4. The zero-order valence-electron chi connectivity index (χ0n) is 10.1. The minimum Gasteiger partial charge on any atom is -0.481 e. The molecule has 2 rings (SSSR count). The second-order valence-electron chi connectivity index (χ2n) is 4.71. The van der Waals surface area contributed by atoms with E-state index >= 15 is 0 Å². The van der Waals surface area contributed by atoms with Gasteiger partial charge in [-0.1, -0.05) is 6.92 Å². The van der Waals surface area contributed by atoms with Crippen LogP contribution in [0.25, 0.3) is 0 Å². The van der Waals surface area contributed by atoms with Crippen LogP contribution in [-0.2, 0) is 11.2 Å². The van der Waals surface area contributed by atoms with Gasteiger partial charge in [-0.05, 0) is 18.8 Å². The molecule has 0 aromatic carbocycles. The molecule has 1 atom stereocenters. The third-order valence-corrected chi connectivity index (χ3v) is 4.01. The Morgan fingerprint density at radius 1 is 1.71 bits per heavy atom. The minimum atomic E-state index is -0.758. The minimum absolute atomic E-state index is 0.166. The lowest BCUT2D eigenvalue weighted by Crippen LogP contribution is -2.34. The number of piperidine rings is 1. The van der Waals surface area contributed by atoms with Crippen molar-refractivity contribution in [3.8, 4) is 0 Å². The van der Waals surface area contributed by atoms with E-state index in [-0.39, 0.29) is 6.42 Å². The number of aromatic nitrogens is 1. The molecular formula is C12H18N2O2S. The Bertz CT molecular complexity index is 392. The number of carboxylic acids is 1. The van der Waals surface area contributed by atoms with E-state index < -0.39 is 5.97 Å². The van der Waals surface area contributed by atoms with E-state index in [1.165, 1.54) is 12.8 Å². The molecule has 1 fully saturated rings. The molecular weight excluding hydrogens is 236 g/mol. The number of hydrogen-bond donors (Lipinski definition) is 1. The van der Waals surface area contributed by atoms with Crippen LogP contribution in [0.2, 0.25) is 0 Å². The maximum atomic E-state index is 10.5. The highest BCUT2D eigenvalue weighted by atomic mass is 32.1. The molecule has 5 heteroatoms. The molecule has 0 amide bonds. The molecule has 1 unspecified atom stereocenters. The molecule has 0 radical (unpaired) electrons. The molecule has 1 aliphatic rings. The largest absolute Gasteiger partial charge is 0.481 e. The van der Waals surface area contributed by atoms with E-state index in [9.17, 15) is 4.79 Å². The number of hydrogen-bond acceptors (Lipinski definition) is 4. The molecule has 1 saturated heterocycles. The van der Waals surface area contributed by atoms with E-state index in [1.807, 2.05) is 5.38 Å². The third kappa shape index (κ3) is 3.43. The Hall–Kier alpha value is -1.10. The van der Waals surface area contributed by atoms with Crippen LogP contribution < -0.4 is 4.90 Å². The van der Waals surface area contributed by atoms with Crippen LogP contribution in [0.4, 0.5) is 5.13 Å². The summed E-state index contributed by atoms with van der Waals surface area (Å²) in [6, 6.07) is 0. The van der Waals surface area contributed by atoms with Gasteiger partial charge in [0, 0.05) is 24.9 Å². The summed E-state index contributed by atoms with van der Waals surface area (Å²) in [4.78, 5) is 17.3. The zero-order valence-corrected chi connectivity index (χ0v) is 10.9. The maximum absolute atomic E-state index is 10.5. The highest BCUT2D eigenvalue weighted by Gasteiger charge is 2.19. The Kier molecular flexibility index (Phi) is 3.99. The van der Waals surface area contributed by atoms with E-state index in [2.05, 4.69) is 16.8 Å². The molecule has 2 heterocycles. The summed E-state index contributed by atoms with van der Waals surface area (Å²) >= 11 is 1.63. The quantitative estimate of drug-likeness (QED) is 0.896. The van der Waals surface area contributed by atoms with E-state index in [0.29, 0.717) is 6.42 Å². The van der Waals surface area contributed by atoms with Gasteiger partial charge in [-0.3, -0.25) is 4.79 Å². The average Bonchev–Trinajstić information content (AvgIpc) is 2.75. The normalized spacial score (nSPS) is 20.5. The van der Waals surface area contributed by atoms with Gasteiger partial charge < -0.3 is 10.0 Å². The van der Waals surface area contributed by atoms with Gasteiger partial charge in [0.1, 0.15) is 0 Å². The molecule has 1 N–H and O–H groups in total. The van der Waals surface area contributed by atoms with Gasteiger partial charge in [-0.2, -0.15) is 0 Å². The monoisotopic (exact) mass is 254 g/mol. The van der Waals surface area contributed by atoms with Crippen LogP contribution in [0.1, 0.15) is 31.9 Å². The Labute approximate surface area is 105 Å². The molecule has 0 bridgehead atoms. The van der Waals surface area contributed by atoms with Crippen molar-refractivity contribution >= 4 is 22.4 Å². The summed E-state index contributed by atoms with van der Waals surface area (Å²) in [5.41, 5.74) is 0.908. The highest BCUT2D eigenvalue weighted by Crippen LogP contribution is 2.26. The van der Waals surface area contributed by atoms with Crippen molar-refractivity contribution in [1.82, 2.24) is 4.98 Å². The fourth-order valence-corrected chi connectivity index (χ4v) is 3.05. The fraction of sp³-hybridized carbons (Fsp3) is 0.667. The SMILES string of the molecule is CC1CCCN(c2nc(CCC(=O)O)cs2)C1. The smallest absolute Gasteiger partial charge is 0.303 e. The van der Waals surface area contributed by atoms with Crippen LogP contribution in [0.15, 0.2) is 5.38 Å². The summed E-state index contributed by atoms with van der Waals surface area (Å²) in [6.45, 7) is 4.42. The first-order valence-corrected chi connectivity index (χ1v) is 6.94. The van der Waals surface area contributed by atoms with E-state index in [1.54, 1.807) is 11.3 Å². The Morgan fingerprint density at radius 2 is 2.53 bits per heavy atom. The number of thiazole rings is 1. The fourth-order valence-electron chi connectivity index (χ4n) is 2.15. The summed E-state index contributed by atoms with van der Waals surface area (Å²) in [5, 5.41) is 11.7. The zero-order chi connectivity index (χ0) is 12.3. The van der Waals surface area contributed by atoms with E-state index in [0.717, 1.165) is 29.8 Å². The number of aliphatic carboxylic acids is 1. The molecule has 4 nitrogen and oxygen atoms in total. The predicted molar refractivity (Wildman–Crippen MR) is 68.7 cm³/mol. The lowest BCUT2D eigenvalue weighted by Gasteiger charge is -2.30. The topological polar surface area (TPSA) is 53.4 Å². The summed E-state index contributed by atoms with van der Waals surface area (Å²) < 4.78 is 0. The number of aryl methyl sites for hydroxylation is 1. The molecule has 17 heavy (non-hydrogen) atoms. The Balaban J connectivity index is 1.95. The second kappa shape index (κ2) is 5.49. The van der Waals surface area contributed by atoms with Crippen molar-refractivity contribution in [2.75, 3.05) is 18.0 Å². The second-order valence-corrected chi connectivity index (χ2v) is 5.55. The van der Waals surface area contributed by atoms with Crippen molar-refractivity contribution in [3.05, 3.63) is 11.1 Å². The van der Waals surface area contributed by atoms with Gasteiger partial charge in [0.15, 0.2) is 5.13 Å². The molecule has 0 saturated carbocycles. The number of carbonyl (C=O) groups is 1. The van der Waals surface area contributed by atoms with Gasteiger partial charge in [-0.25, -0.2) is 4.98 Å². The molecule has 1 aliphatic heterocycles. The number of nitrogens with zero attached hydrogens (tertiary/aromatic N) is 2. The highest BCUT2D eigenvalue weighted by molar-refractivity contribution is 7.13. The lowest BCUT2D eigenvalue weighted by molar-refractivity contribution is -0.136. The third-order valence-electron chi connectivity index (χ3n) is 3.06. The predicted octanol–water partition coefficient (Wildman–Crippen LogP) is 2.40. The van der Waals surface area contributed by atoms with Crippen LogP contribution in [-0.4, -0.2) is 29.1 Å². The summed E-state index contributed by atoms with van der Waals surface area (Å²) in [7, 11) is 0. The van der Waals surface area contributed by atoms with E-state index in [4.69, 9.17) is 5.11 Å². The van der Waals surface area contributed by atoms with Gasteiger partial charge in [0.25, 0.3) is 0 Å². The van der Waals surface area contributed by atoms with Gasteiger partial charge in [0.05, 0.1) is 12.1 Å². The Morgan fingerprint density at radius 3 is 3.24 bits per heavy atom. The van der Waals surface area contributed by atoms with Gasteiger partial charge in [0.2, 0.25) is 0 Å². The molecule has 1 aromatic rings. The first-order chi connectivity index (χ1) is 8.15. The van der Waals surface area contributed by atoms with Gasteiger partial charge >= 0.3 is 5.97 Å². The molecule has 0 spiro atoms. The standard InChI is InChI=1S/C12H18N2O2S/c1-9-3-2-6-14(7-9)12-13-10(8-17-12)4-5-11(15)16/h8-9H,2-7H2,1H3,(H,15,16). The van der Waals surface area contributed by atoms with Gasteiger partial charge in [-0.15, -0.1) is 11.3 Å². The van der Waals surface area contributed by atoms with Crippen LogP contribution in [0.5, 0.6) is 0 Å². The summed E-state index contributed by atoms with van der Waals surface area (Å²) in [5.74, 6) is -0.0266. The molecule has 1 aromatic heterocycles. The van der Waals surface area contributed by atoms with Crippen molar-refractivity contribution in [2.24, 2.45) is 5.92 Å². The molecule has 0 aliphatic carbocycles. The summed E-state index contributed by atoms with van der Waals surface area (Å²) in [6.07, 6.45) is 3.23. The maximum Gasteiger partial charge on any atom is 0.303 e. The van der Waals surface area contributed by atoms with Crippen molar-refractivity contribution in [1.29, 1.82) is 0 Å². The van der Waals surface area contributed by atoms with Crippen LogP contribution in [0.3, 0.4) is 0 Å². The van der Waals surface area contributed by atoms with Crippen molar-refractivity contribution in [3.63, 3.8) is 0 Å². The number of carboxylic acid groups (broad SMARTS) is 1. The molecule has 94 valence electrons. The number of anilines is 1. The van der Waals surface area contributed by atoms with Crippen LogP contribution in [0, 0.1) is 5.92 Å². The van der Waals surface area contributed by atoms with Crippen molar-refractivity contribution in [2.45, 2.75) is 32.6 Å². The van der Waals surface area contributed by atoms with Crippen LogP contribution >= 0.6 is 11.3 Å².